The van der Waals surface area contributed by atoms with Crippen molar-refractivity contribution < 1.29 is 33.4 Å². The van der Waals surface area contributed by atoms with Gasteiger partial charge in [0.25, 0.3) is 5.91 Å². The number of ether oxygens (including phenoxy) is 2. The average Bonchev–Trinajstić information content (AvgIpc) is 3.53. The van der Waals surface area contributed by atoms with Crippen molar-refractivity contribution in [3.63, 3.8) is 0 Å². The van der Waals surface area contributed by atoms with Crippen LogP contribution >= 0.6 is 0 Å². The molecule has 0 bridgehead atoms. The van der Waals surface area contributed by atoms with E-state index in [0.717, 1.165) is 10.9 Å². The Bertz CT molecular complexity index is 1210. The zero-order chi connectivity index (χ0) is 26.0. The number of nitrogens with zero attached hydrogens (tertiary/aromatic N) is 1. The Balaban J connectivity index is 1.51. The molecule has 3 N–H and O–H groups in total. The highest BCUT2D eigenvalue weighted by atomic mass is 16.5. The number of nitrogens with one attached hydrogen (secondary N) is 3. The molecule has 36 heavy (non-hydrogen) atoms. The summed E-state index contributed by atoms with van der Waals surface area (Å²) in [6, 6.07) is 4.90. The fraction of sp³-hybridized carbons (Fsp3) is 0.480. The van der Waals surface area contributed by atoms with Crippen molar-refractivity contribution in [3.8, 4) is 5.75 Å². The molecule has 0 saturated carbocycles. The van der Waals surface area contributed by atoms with Crippen LogP contribution in [-0.4, -0.2) is 77.7 Å². The zero-order valence-corrected chi connectivity index (χ0v) is 20.5. The van der Waals surface area contributed by atoms with Gasteiger partial charge in [-0.15, -0.1) is 0 Å². The van der Waals surface area contributed by atoms with Gasteiger partial charge in [-0.05, 0) is 44.4 Å². The van der Waals surface area contributed by atoms with Gasteiger partial charge in [-0.2, -0.15) is 0 Å². The second kappa shape index (κ2) is 10.4. The molecule has 11 nitrogen and oxygen atoms in total. The van der Waals surface area contributed by atoms with Crippen LogP contribution in [0.2, 0.25) is 0 Å². The standard InChI is InChI=1S/C25H30N4O7/c1-13-9-19(28-24(33)18-11-16-17(27-18)5-4-6-22(16)35-3)25(34)29(13)20(21(31)12-36-14(2)30)10-15-7-8-26-23(15)32/h4-6,11,13,15,19-20,27H,7-10,12H2,1-3H3,(H,26,32)(H,28,33)/t13?,15-,19-,20-/m0/s1. The Morgan fingerprint density at radius 2 is 2.03 bits per heavy atom. The number of Topliss-reactive ketones (excluding diaryl/α,β-unsaturated/α-hetero) is 1. The number of H-pyrrole nitrogens is 1. The summed E-state index contributed by atoms with van der Waals surface area (Å²) in [7, 11) is 1.54. The average molecular weight is 499 g/mol. The quantitative estimate of drug-likeness (QED) is 0.436. The number of amides is 3. The van der Waals surface area contributed by atoms with Crippen LogP contribution in [0.25, 0.3) is 10.9 Å². The van der Waals surface area contributed by atoms with Gasteiger partial charge in [0.2, 0.25) is 11.8 Å². The summed E-state index contributed by atoms with van der Waals surface area (Å²) in [4.78, 5) is 67.3. The molecule has 11 heteroatoms. The first-order chi connectivity index (χ1) is 17.2. The van der Waals surface area contributed by atoms with Gasteiger partial charge in [-0.25, -0.2) is 0 Å². The first kappa shape index (κ1) is 25.2. The lowest BCUT2D eigenvalue weighted by Crippen LogP contribution is -2.51. The Hall–Kier alpha value is -3.89. The molecule has 2 aliphatic rings. The van der Waals surface area contributed by atoms with E-state index < -0.39 is 48.2 Å². The maximum atomic E-state index is 13.4. The van der Waals surface area contributed by atoms with Crippen LogP contribution in [0.5, 0.6) is 5.75 Å². The molecule has 4 rings (SSSR count). The second-order valence-corrected chi connectivity index (χ2v) is 9.24. The summed E-state index contributed by atoms with van der Waals surface area (Å²) >= 11 is 0. The van der Waals surface area contributed by atoms with Crippen molar-refractivity contribution >= 4 is 40.4 Å². The topological polar surface area (TPSA) is 147 Å². The number of likely N-dealkylation sites (tertiary alicyclic amines) is 1. The molecule has 2 saturated heterocycles. The van der Waals surface area contributed by atoms with E-state index in [1.54, 1.807) is 32.2 Å². The molecule has 2 aliphatic heterocycles. The van der Waals surface area contributed by atoms with Crippen molar-refractivity contribution in [2.75, 3.05) is 20.3 Å². The lowest BCUT2D eigenvalue weighted by Gasteiger charge is -2.31. The monoisotopic (exact) mass is 498 g/mol. The minimum absolute atomic E-state index is 0.129. The fourth-order valence-corrected chi connectivity index (χ4v) is 5.01. The minimum Gasteiger partial charge on any atom is -0.496 e. The van der Waals surface area contributed by atoms with Crippen LogP contribution < -0.4 is 15.4 Å². The van der Waals surface area contributed by atoms with E-state index in [0.29, 0.717) is 25.1 Å². The predicted molar refractivity (Wildman–Crippen MR) is 128 cm³/mol. The van der Waals surface area contributed by atoms with Gasteiger partial charge in [0.1, 0.15) is 17.5 Å². The highest BCUT2D eigenvalue weighted by Gasteiger charge is 2.45. The molecule has 1 aromatic heterocycles. The largest absolute Gasteiger partial charge is 0.496 e. The van der Waals surface area contributed by atoms with E-state index in [-0.39, 0.29) is 24.1 Å². The number of methoxy groups -OCH3 is 1. The summed E-state index contributed by atoms with van der Waals surface area (Å²) < 4.78 is 10.2. The minimum atomic E-state index is -0.945. The van der Waals surface area contributed by atoms with Gasteiger partial charge in [0.15, 0.2) is 12.4 Å². The first-order valence-corrected chi connectivity index (χ1v) is 11.9. The summed E-state index contributed by atoms with van der Waals surface area (Å²) in [5.41, 5.74) is 0.997. The van der Waals surface area contributed by atoms with Gasteiger partial charge >= 0.3 is 5.97 Å². The molecule has 0 spiro atoms. The van der Waals surface area contributed by atoms with Crippen LogP contribution in [-0.2, 0) is 23.9 Å². The highest BCUT2D eigenvalue weighted by Crippen LogP contribution is 2.29. The second-order valence-electron chi connectivity index (χ2n) is 9.24. The Kier molecular flexibility index (Phi) is 7.27. The molecule has 1 unspecified atom stereocenters. The highest BCUT2D eigenvalue weighted by molar-refractivity contribution is 6.02. The van der Waals surface area contributed by atoms with Crippen LogP contribution in [0.1, 0.15) is 43.6 Å². The predicted octanol–water partition coefficient (Wildman–Crippen LogP) is 0.923. The summed E-state index contributed by atoms with van der Waals surface area (Å²) in [6.07, 6.45) is 0.976. The molecular weight excluding hydrogens is 468 g/mol. The fourth-order valence-electron chi connectivity index (χ4n) is 5.01. The lowest BCUT2D eigenvalue weighted by molar-refractivity contribution is -0.149. The van der Waals surface area contributed by atoms with Crippen LogP contribution in [0.15, 0.2) is 24.3 Å². The number of rotatable bonds is 9. The maximum Gasteiger partial charge on any atom is 0.303 e. The molecule has 2 aromatic rings. The number of aromatic nitrogens is 1. The lowest BCUT2D eigenvalue weighted by atomic mass is 9.94. The molecule has 4 atom stereocenters. The maximum absolute atomic E-state index is 13.4. The summed E-state index contributed by atoms with van der Waals surface area (Å²) in [6.45, 7) is 3.00. The van der Waals surface area contributed by atoms with Crippen LogP contribution in [0.4, 0.5) is 0 Å². The summed E-state index contributed by atoms with van der Waals surface area (Å²) in [5, 5.41) is 6.25. The van der Waals surface area contributed by atoms with Crippen molar-refractivity contribution in [2.45, 2.75) is 51.2 Å². The Labute approximate surface area is 207 Å². The van der Waals surface area contributed by atoms with E-state index in [1.807, 2.05) is 6.07 Å². The SMILES string of the molecule is COc1cccc2[nH]c(C(=O)N[C@H]3CC(C)N([C@@H](C[C@@H]4CCNC4=O)C(=O)COC(C)=O)C3=O)cc12. The number of carbonyl (C=O) groups is 5. The van der Waals surface area contributed by atoms with E-state index in [2.05, 4.69) is 15.6 Å². The third kappa shape index (κ3) is 5.05. The Morgan fingerprint density at radius 1 is 1.25 bits per heavy atom. The number of hydrogen-bond acceptors (Lipinski definition) is 7. The number of fused-ring (bicyclic) bond motifs is 1. The third-order valence-corrected chi connectivity index (χ3v) is 6.79. The number of hydrogen-bond donors (Lipinski definition) is 3. The molecular formula is C25H30N4O7. The number of carbonyl (C=O) groups excluding carboxylic acids is 5. The molecule has 192 valence electrons. The molecule has 3 amide bonds. The van der Waals surface area contributed by atoms with Crippen molar-refractivity contribution in [1.82, 2.24) is 20.5 Å². The van der Waals surface area contributed by atoms with Crippen molar-refractivity contribution in [3.05, 3.63) is 30.0 Å². The molecule has 1 aromatic carbocycles. The third-order valence-electron chi connectivity index (χ3n) is 6.79. The van der Waals surface area contributed by atoms with Crippen LogP contribution in [0.3, 0.4) is 0 Å². The molecule has 0 radical (unpaired) electrons. The van der Waals surface area contributed by atoms with E-state index in [9.17, 15) is 24.0 Å². The van der Waals surface area contributed by atoms with Gasteiger partial charge < -0.3 is 30.0 Å². The first-order valence-electron chi connectivity index (χ1n) is 11.9. The molecule has 2 fully saturated rings. The van der Waals surface area contributed by atoms with Gasteiger partial charge in [-0.3, -0.25) is 24.0 Å². The van der Waals surface area contributed by atoms with Crippen molar-refractivity contribution in [2.24, 2.45) is 5.92 Å². The van der Waals surface area contributed by atoms with Crippen molar-refractivity contribution in [1.29, 1.82) is 0 Å². The smallest absolute Gasteiger partial charge is 0.303 e. The Morgan fingerprint density at radius 3 is 2.69 bits per heavy atom. The van der Waals surface area contributed by atoms with E-state index in [4.69, 9.17) is 9.47 Å². The molecule has 3 heterocycles. The van der Waals surface area contributed by atoms with Gasteiger partial charge in [-0.1, -0.05) is 6.07 Å². The normalized spacial score (nSPS) is 22.4. The zero-order valence-electron chi connectivity index (χ0n) is 20.5. The van der Waals surface area contributed by atoms with E-state index in [1.165, 1.54) is 11.8 Å². The number of benzene rings is 1. The summed E-state index contributed by atoms with van der Waals surface area (Å²) in [5.74, 6) is -1.92. The number of esters is 1. The molecule has 0 aliphatic carbocycles. The van der Waals surface area contributed by atoms with Gasteiger partial charge in [0.05, 0.1) is 13.2 Å². The van der Waals surface area contributed by atoms with Crippen LogP contribution in [0, 0.1) is 5.92 Å². The number of ketones is 1. The van der Waals surface area contributed by atoms with Gasteiger partial charge in [0, 0.05) is 36.3 Å². The number of aromatic amines is 1. The van der Waals surface area contributed by atoms with E-state index >= 15 is 0 Å².